The van der Waals surface area contributed by atoms with Gasteiger partial charge in [0.1, 0.15) is 11.8 Å². The van der Waals surface area contributed by atoms with Crippen LogP contribution in [0, 0.1) is 50.7 Å². The van der Waals surface area contributed by atoms with Gasteiger partial charge in [-0.3, -0.25) is 19.4 Å². The van der Waals surface area contributed by atoms with Gasteiger partial charge in [-0.15, -0.1) is 10.2 Å². The predicted octanol–water partition coefficient (Wildman–Crippen LogP) is 9.80. The molecule has 0 aliphatic heterocycles. The summed E-state index contributed by atoms with van der Waals surface area (Å²) in [7, 11) is 0. The summed E-state index contributed by atoms with van der Waals surface area (Å²) in [5, 5.41) is 18.4. The molecule has 7 rings (SSSR count). The summed E-state index contributed by atoms with van der Waals surface area (Å²) in [6.07, 6.45) is 3.02. The van der Waals surface area contributed by atoms with Crippen molar-refractivity contribution in [1.82, 2.24) is 15.2 Å². The first-order chi connectivity index (χ1) is 25.4. The van der Waals surface area contributed by atoms with E-state index in [-0.39, 0.29) is 69.8 Å². The van der Waals surface area contributed by atoms with Gasteiger partial charge in [0.25, 0.3) is 5.89 Å². The Bertz CT molecular complexity index is 1930. The molecule has 4 saturated carbocycles. The normalized spacial score (nSPS) is 35.8. The fourth-order valence-corrected chi connectivity index (χ4v) is 12.9. The lowest BCUT2D eigenvalue weighted by molar-refractivity contribution is -0.232. The van der Waals surface area contributed by atoms with E-state index in [4.69, 9.17) is 9.15 Å². The predicted molar refractivity (Wildman–Crippen MR) is 197 cm³/mol. The van der Waals surface area contributed by atoms with E-state index in [1.807, 2.05) is 0 Å². The number of nitrogens with zero attached hydrogens (tertiary/aromatic N) is 3. The van der Waals surface area contributed by atoms with Crippen LogP contribution in [0.4, 0.5) is 13.2 Å². The molecule has 2 heterocycles. The number of carbonyl (C=O) groups excluding carboxylic acids is 2. The molecule has 0 amide bonds. The SMILES string of the molecule is CC(C)C1=C2[C@H]3CC[C@@H]4[C@@]5(C)CC[C@H](OC(=O)CC(C)(C)C(=O)O)C(C)(C)[C@@H]5CC[C@@]4(C)[C@]3(C)CC[C@@]2(c2nnc(-c3ccc(C(F)(F)F)cn3)o2)CC1=O. The Hall–Kier alpha value is -3.57. The molecule has 2 aromatic rings. The molecule has 9 nitrogen and oxygen atoms in total. The molecule has 0 aromatic carbocycles. The number of fused-ring (bicyclic) bond motifs is 7. The number of hydrogen-bond donors (Lipinski definition) is 1. The maximum absolute atomic E-state index is 14.1. The van der Waals surface area contributed by atoms with Crippen molar-refractivity contribution in [2.24, 2.45) is 50.7 Å². The number of alkyl halides is 3. The van der Waals surface area contributed by atoms with Gasteiger partial charge in [0.15, 0.2) is 5.78 Å². The van der Waals surface area contributed by atoms with Crippen molar-refractivity contribution in [2.75, 3.05) is 0 Å². The number of carboxylic acid groups (broad SMARTS) is 1. The summed E-state index contributed by atoms with van der Waals surface area (Å²) < 4.78 is 52.2. The lowest BCUT2D eigenvalue weighted by atomic mass is 9.33. The number of hydrogen-bond acceptors (Lipinski definition) is 8. The molecule has 8 atom stereocenters. The quantitative estimate of drug-likeness (QED) is 0.274. The Morgan fingerprint density at radius 3 is 2.27 bits per heavy atom. The Morgan fingerprint density at radius 2 is 1.65 bits per heavy atom. The van der Waals surface area contributed by atoms with Gasteiger partial charge in [-0.1, -0.05) is 48.5 Å². The van der Waals surface area contributed by atoms with E-state index in [1.54, 1.807) is 13.8 Å². The average Bonchev–Trinajstić information content (AvgIpc) is 3.69. The monoisotopic (exact) mass is 767 g/mol. The second kappa shape index (κ2) is 12.7. The lowest BCUT2D eigenvalue weighted by Crippen LogP contribution is -2.66. The van der Waals surface area contributed by atoms with Crippen LogP contribution in [-0.2, 0) is 30.7 Å². The number of ketones is 1. The number of aromatic nitrogens is 3. The fraction of sp³-hybridized carbons (Fsp3) is 0.721. The first-order valence-corrected chi connectivity index (χ1v) is 20.0. The molecule has 12 heteroatoms. The third-order valence-corrected chi connectivity index (χ3v) is 16.0. The van der Waals surface area contributed by atoms with Crippen LogP contribution >= 0.6 is 0 Å². The van der Waals surface area contributed by atoms with Crippen molar-refractivity contribution in [3.63, 3.8) is 0 Å². The second-order valence-electron chi connectivity index (χ2n) is 19.8. The van der Waals surface area contributed by atoms with E-state index in [9.17, 15) is 32.7 Å². The van der Waals surface area contributed by atoms with Gasteiger partial charge >= 0.3 is 18.1 Å². The van der Waals surface area contributed by atoms with E-state index < -0.39 is 34.5 Å². The molecular weight excluding hydrogens is 711 g/mol. The van der Waals surface area contributed by atoms with E-state index in [0.717, 1.165) is 68.4 Å². The highest BCUT2D eigenvalue weighted by Gasteiger charge is 2.71. The van der Waals surface area contributed by atoms with Crippen LogP contribution in [0.1, 0.15) is 138 Å². The Balaban J connectivity index is 1.20. The zero-order valence-electron chi connectivity index (χ0n) is 33.7. The number of rotatable bonds is 7. The van der Waals surface area contributed by atoms with Gasteiger partial charge in [0.05, 0.1) is 22.8 Å². The highest BCUT2D eigenvalue weighted by Crippen LogP contribution is 2.76. The van der Waals surface area contributed by atoms with Crippen molar-refractivity contribution >= 4 is 17.7 Å². The topological polar surface area (TPSA) is 132 Å². The summed E-state index contributed by atoms with van der Waals surface area (Å²) in [4.78, 5) is 42.9. The minimum absolute atomic E-state index is 0.00987. The molecule has 0 unspecified atom stereocenters. The minimum Gasteiger partial charge on any atom is -0.481 e. The molecule has 300 valence electrons. The molecule has 4 fully saturated rings. The third kappa shape index (κ3) is 5.83. The number of allylic oxidation sites excluding steroid dienone is 2. The maximum atomic E-state index is 14.1. The van der Waals surface area contributed by atoms with Crippen LogP contribution in [0.25, 0.3) is 11.6 Å². The van der Waals surface area contributed by atoms with Crippen LogP contribution in [0.3, 0.4) is 0 Å². The minimum atomic E-state index is -4.52. The highest BCUT2D eigenvalue weighted by atomic mass is 19.4. The largest absolute Gasteiger partial charge is 0.481 e. The standard InChI is InChI=1S/C43H56F3N3O6/c1-23(2)32-27(50)20-42(35-49-48-34(55-35)26-12-10-24(22-47-26)43(44,45)46)19-18-40(8)25(33(32)42)11-13-29-39(7)16-15-30(54-31(51)21-37(3,4)36(52)53)38(5,6)28(39)14-17-41(29,40)9/h10,12,22-23,25,28-30H,11,13-21H2,1-9H3,(H,52,53)/t25-,28+,29-,30+,39+,40-,41-,42-/m1/s1. The lowest BCUT2D eigenvalue weighted by Gasteiger charge is -2.72. The summed E-state index contributed by atoms with van der Waals surface area (Å²) in [6.45, 7) is 19.1. The summed E-state index contributed by atoms with van der Waals surface area (Å²) in [6, 6.07) is 2.19. The van der Waals surface area contributed by atoms with E-state index in [1.165, 1.54) is 6.07 Å². The van der Waals surface area contributed by atoms with Gasteiger partial charge in [-0.05, 0) is 128 Å². The molecule has 5 aliphatic carbocycles. The van der Waals surface area contributed by atoms with Gasteiger partial charge < -0.3 is 14.3 Å². The van der Waals surface area contributed by atoms with Crippen LogP contribution in [-0.4, -0.2) is 44.1 Å². The average molecular weight is 768 g/mol. The van der Waals surface area contributed by atoms with Crippen LogP contribution in [0.2, 0.25) is 0 Å². The van der Waals surface area contributed by atoms with Gasteiger partial charge in [0.2, 0.25) is 5.89 Å². The molecule has 0 saturated heterocycles. The third-order valence-electron chi connectivity index (χ3n) is 16.0. The zero-order chi connectivity index (χ0) is 40.3. The van der Waals surface area contributed by atoms with E-state index >= 15 is 0 Å². The summed E-state index contributed by atoms with van der Waals surface area (Å²) in [5.41, 5.74) is -1.21. The number of aliphatic carboxylic acids is 1. The number of ether oxygens (including phenoxy) is 1. The molecular formula is C43H56F3N3O6. The number of Topliss-reactive ketones (excluding diaryl/α,β-unsaturated/α-hetero) is 1. The molecule has 0 spiro atoms. The van der Waals surface area contributed by atoms with Gasteiger partial charge in [-0.2, -0.15) is 13.2 Å². The first-order valence-electron chi connectivity index (χ1n) is 20.0. The Kier molecular flexibility index (Phi) is 9.17. The van der Waals surface area contributed by atoms with Crippen molar-refractivity contribution < 1.29 is 41.8 Å². The first kappa shape index (κ1) is 39.7. The number of pyridine rings is 1. The molecule has 2 aromatic heterocycles. The number of carbonyl (C=O) groups is 3. The van der Waals surface area contributed by atoms with Crippen LogP contribution in [0.15, 0.2) is 33.9 Å². The van der Waals surface area contributed by atoms with Gasteiger partial charge in [-0.25, -0.2) is 0 Å². The van der Waals surface area contributed by atoms with Crippen molar-refractivity contribution in [3.8, 4) is 11.6 Å². The molecule has 1 N–H and O–H groups in total. The zero-order valence-corrected chi connectivity index (χ0v) is 33.7. The summed E-state index contributed by atoms with van der Waals surface area (Å²) >= 11 is 0. The van der Waals surface area contributed by atoms with E-state index in [2.05, 4.69) is 63.6 Å². The number of esters is 1. The summed E-state index contributed by atoms with van der Waals surface area (Å²) in [5.74, 6) is -0.209. The molecule has 5 aliphatic rings. The van der Waals surface area contributed by atoms with Crippen molar-refractivity contribution in [1.29, 1.82) is 0 Å². The van der Waals surface area contributed by atoms with Crippen molar-refractivity contribution in [3.05, 3.63) is 40.9 Å². The van der Waals surface area contributed by atoms with E-state index in [0.29, 0.717) is 24.1 Å². The Morgan fingerprint density at radius 1 is 0.945 bits per heavy atom. The fourth-order valence-electron chi connectivity index (χ4n) is 12.9. The van der Waals surface area contributed by atoms with Gasteiger partial charge in [0, 0.05) is 18.0 Å². The smallest absolute Gasteiger partial charge is 0.417 e. The highest BCUT2D eigenvalue weighted by molar-refractivity contribution is 6.01. The van der Waals surface area contributed by atoms with Crippen LogP contribution < -0.4 is 0 Å². The Labute approximate surface area is 321 Å². The van der Waals surface area contributed by atoms with Crippen molar-refractivity contribution in [2.45, 2.75) is 144 Å². The maximum Gasteiger partial charge on any atom is 0.417 e. The molecule has 0 bridgehead atoms. The molecule has 55 heavy (non-hydrogen) atoms. The number of carboxylic acids is 1. The molecule has 0 radical (unpaired) electrons. The van der Waals surface area contributed by atoms with Crippen LogP contribution in [0.5, 0.6) is 0 Å². The number of halogens is 3. The second-order valence-corrected chi connectivity index (χ2v) is 19.8.